The molecule has 2 aromatic rings. The van der Waals surface area contributed by atoms with Crippen molar-refractivity contribution in [1.29, 1.82) is 0 Å². The molecule has 1 atom stereocenters. The van der Waals surface area contributed by atoms with Crippen LogP contribution in [0.2, 0.25) is 0 Å². The first-order valence-corrected chi connectivity index (χ1v) is 12.3. The minimum absolute atomic E-state index is 0.0215. The Kier molecular flexibility index (Phi) is 7.02. The Balaban J connectivity index is 1.41. The molecule has 1 heterocycles. The van der Waals surface area contributed by atoms with Crippen molar-refractivity contribution in [2.75, 3.05) is 33.7 Å². The zero-order valence-electron chi connectivity index (χ0n) is 19.7. The molecular weight excluding hydrogens is 396 g/mol. The van der Waals surface area contributed by atoms with Gasteiger partial charge in [0.2, 0.25) is 0 Å². The van der Waals surface area contributed by atoms with Gasteiger partial charge in [0.15, 0.2) is 5.60 Å². The Hall–Kier alpha value is -2.17. The first-order valence-electron chi connectivity index (χ1n) is 12.3. The van der Waals surface area contributed by atoms with E-state index in [1.165, 1.54) is 5.56 Å². The Labute approximate surface area is 193 Å². The molecule has 1 aliphatic carbocycles. The summed E-state index contributed by atoms with van der Waals surface area (Å²) in [5.41, 5.74) is 0.760. The van der Waals surface area contributed by atoms with Gasteiger partial charge in [-0.15, -0.1) is 0 Å². The number of quaternary nitrogens is 1. The van der Waals surface area contributed by atoms with E-state index in [-0.39, 0.29) is 11.8 Å². The predicted molar refractivity (Wildman–Crippen MR) is 129 cm³/mol. The van der Waals surface area contributed by atoms with E-state index >= 15 is 0 Å². The SMILES string of the molecule is C[N+](C)(CCc1ccccc1)C1CCN(C(=O)C(O)(c2ccccc2)C2CCCC2)CC1. The molecule has 2 aliphatic rings. The van der Waals surface area contributed by atoms with Crippen molar-refractivity contribution in [1.82, 2.24) is 4.90 Å². The smallest absolute Gasteiger partial charge is 0.259 e. The normalized spacial score (nSPS) is 20.3. The summed E-state index contributed by atoms with van der Waals surface area (Å²) in [4.78, 5) is 15.7. The highest BCUT2D eigenvalue weighted by molar-refractivity contribution is 5.87. The molecule has 0 bridgehead atoms. The van der Waals surface area contributed by atoms with Gasteiger partial charge in [-0.3, -0.25) is 4.79 Å². The molecule has 1 unspecified atom stereocenters. The summed E-state index contributed by atoms with van der Waals surface area (Å²) in [5, 5.41) is 11.8. The minimum atomic E-state index is -1.39. The van der Waals surface area contributed by atoms with Gasteiger partial charge in [-0.05, 0) is 24.0 Å². The summed E-state index contributed by atoms with van der Waals surface area (Å²) in [5.74, 6) is -0.0585. The summed E-state index contributed by atoms with van der Waals surface area (Å²) in [7, 11) is 4.65. The molecule has 4 rings (SSSR count). The van der Waals surface area contributed by atoms with E-state index in [1.807, 2.05) is 35.2 Å². The molecule has 32 heavy (non-hydrogen) atoms. The predicted octanol–water partition coefficient (Wildman–Crippen LogP) is 4.37. The van der Waals surface area contributed by atoms with Gasteiger partial charge in [-0.1, -0.05) is 73.5 Å². The van der Waals surface area contributed by atoms with Crippen molar-refractivity contribution in [2.24, 2.45) is 5.92 Å². The molecule has 2 aromatic carbocycles. The van der Waals surface area contributed by atoms with Crippen LogP contribution in [0.5, 0.6) is 0 Å². The molecular formula is C28H39N2O2+. The van der Waals surface area contributed by atoms with E-state index < -0.39 is 5.60 Å². The highest BCUT2D eigenvalue weighted by Gasteiger charge is 2.49. The van der Waals surface area contributed by atoms with Gasteiger partial charge >= 0.3 is 0 Å². The number of amides is 1. The minimum Gasteiger partial charge on any atom is -0.375 e. The first-order chi connectivity index (χ1) is 15.4. The fourth-order valence-corrected chi connectivity index (χ4v) is 5.82. The number of likely N-dealkylation sites (N-methyl/N-ethyl adjacent to an activating group) is 1. The van der Waals surface area contributed by atoms with Gasteiger partial charge in [0.05, 0.1) is 26.7 Å². The number of carbonyl (C=O) groups is 1. The van der Waals surface area contributed by atoms with Crippen LogP contribution in [-0.2, 0) is 16.8 Å². The van der Waals surface area contributed by atoms with Gasteiger partial charge in [0.1, 0.15) is 0 Å². The molecule has 4 nitrogen and oxygen atoms in total. The maximum Gasteiger partial charge on any atom is 0.259 e. The molecule has 1 saturated heterocycles. The van der Waals surface area contributed by atoms with Crippen LogP contribution in [-0.4, -0.2) is 60.2 Å². The maximum absolute atomic E-state index is 13.7. The van der Waals surface area contributed by atoms with Gasteiger partial charge in [-0.25, -0.2) is 0 Å². The third kappa shape index (κ3) is 4.77. The van der Waals surface area contributed by atoms with Crippen LogP contribution in [0.3, 0.4) is 0 Å². The van der Waals surface area contributed by atoms with Crippen LogP contribution in [0.1, 0.15) is 49.7 Å². The summed E-state index contributed by atoms with van der Waals surface area (Å²) in [6.07, 6.45) is 7.10. The van der Waals surface area contributed by atoms with Crippen molar-refractivity contribution in [3.05, 3.63) is 71.8 Å². The van der Waals surface area contributed by atoms with Crippen LogP contribution in [0.4, 0.5) is 0 Å². The molecule has 172 valence electrons. The standard InChI is InChI=1S/C28H39N2O2/c1-30(2,22-19-23-11-5-3-6-12-23)26-17-20-29(21-18-26)27(31)28(32,25-15-9-10-16-25)24-13-7-4-8-14-24/h3-8,11-14,25-26,32H,9-10,15-22H2,1-2H3/q+1. The molecule has 1 aliphatic heterocycles. The lowest BCUT2D eigenvalue weighted by atomic mass is 9.78. The number of nitrogens with zero attached hydrogens (tertiary/aromatic N) is 2. The average Bonchev–Trinajstić information content (AvgIpc) is 3.39. The number of aliphatic hydroxyl groups is 1. The van der Waals surface area contributed by atoms with Crippen LogP contribution < -0.4 is 0 Å². The van der Waals surface area contributed by atoms with Crippen LogP contribution in [0, 0.1) is 5.92 Å². The Morgan fingerprint density at radius 3 is 2.09 bits per heavy atom. The number of rotatable bonds is 7. The zero-order chi connectivity index (χ0) is 22.6. The van der Waals surface area contributed by atoms with E-state index in [0.717, 1.165) is 74.6 Å². The van der Waals surface area contributed by atoms with Crippen LogP contribution >= 0.6 is 0 Å². The highest BCUT2D eigenvalue weighted by Crippen LogP contribution is 2.42. The second-order valence-electron chi connectivity index (χ2n) is 10.4. The summed E-state index contributed by atoms with van der Waals surface area (Å²) in [6.45, 7) is 2.56. The number of hydrogen-bond donors (Lipinski definition) is 1. The lowest BCUT2D eigenvalue weighted by Gasteiger charge is -2.45. The number of piperidine rings is 1. The number of benzene rings is 2. The van der Waals surface area contributed by atoms with E-state index in [9.17, 15) is 9.90 Å². The lowest BCUT2D eigenvalue weighted by Crippen LogP contribution is -2.58. The van der Waals surface area contributed by atoms with Gasteiger partial charge in [0, 0.05) is 38.3 Å². The molecule has 0 spiro atoms. The Morgan fingerprint density at radius 1 is 0.938 bits per heavy atom. The van der Waals surface area contributed by atoms with Crippen molar-refractivity contribution in [3.63, 3.8) is 0 Å². The second kappa shape index (κ2) is 9.76. The quantitative estimate of drug-likeness (QED) is 0.656. The monoisotopic (exact) mass is 435 g/mol. The molecule has 2 fully saturated rings. The van der Waals surface area contributed by atoms with E-state index in [2.05, 4.69) is 44.4 Å². The fraction of sp³-hybridized carbons (Fsp3) is 0.536. The molecule has 0 aromatic heterocycles. The largest absolute Gasteiger partial charge is 0.375 e. The topological polar surface area (TPSA) is 40.5 Å². The van der Waals surface area contributed by atoms with Crippen LogP contribution in [0.25, 0.3) is 0 Å². The van der Waals surface area contributed by atoms with E-state index in [4.69, 9.17) is 0 Å². The van der Waals surface area contributed by atoms with E-state index in [0.29, 0.717) is 6.04 Å². The Morgan fingerprint density at radius 2 is 1.50 bits per heavy atom. The Bertz CT molecular complexity index is 869. The molecule has 4 heteroatoms. The molecule has 0 radical (unpaired) electrons. The van der Waals surface area contributed by atoms with Gasteiger partial charge in [0.25, 0.3) is 5.91 Å². The average molecular weight is 436 g/mol. The number of carbonyl (C=O) groups excluding carboxylic acids is 1. The lowest BCUT2D eigenvalue weighted by molar-refractivity contribution is -0.916. The highest BCUT2D eigenvalue weighted by atomic mass is 16.3. The zero-order valence-corrected chi connectivity index (χ0v) is 19.7. The summed E-state index contributed by atoms with van der Waals surface area (Å²) >= 11 is 0. The van der Waals surface area contributed by atoms with Crippen molar-refractivity contribution >= 4 is 5.91 Å². The van der Waals surface area contributed by atoms with Gasteiger partial charge < -0.3 is 14.5 Å². The third-order valence-corrected chi connectivity index (χ3v) is 8.05. The summed E-state index contributed by atoms with van der Waals surface area (Å²) < 4.78 is 0.975. The molecule has 1 N–H and O–H groups in total. The summed E-state index contributed by atoms with van der Waals surface area (Å²) in [6, 6.07) is 20.9. The first kappa shape index (κ1) is 23.0. The maximum atomic E-state index is 13.7. The van der Waals surface area contributed by atoms with Gasteiger partial charge in [-0.2, -0.15) is 0 Å². The number of hydrogen-bond acceptors (Lipinski definition) is 2. The fourth-order valence-electron chi connectivity index (χ4n) is 5.82. The number of likely N-dealkylation sites (tertiary alicyclic amines) is 1. The van der Waals surface area contributed by atoms with Crippen LogP contribution in [0.15, 0.2) is 60.7 Å². The van der Waals surface area contributed by atoms with E-state index in [1.54, 1.807) is 0 Å². The third-order valence-electron chi connectivity index (χ3n) is 8.05. The molecule has 1 saturated carbocycles. The van der Waals surface area contributed by atoms with Crippen molar-refractivity contribution in [3.8, 4) is 0 Å². The second-order valence-corrected chi connectivity index (χ2v) is 10.4. The van der Waals surface area contributed by atoms with Crippen molar-refractivity contribution < 1.29 is 14.4 Å². The molecule has 1 amide bonds. The van der Waals surface area contributed by atoms with Crippen molar-refractivity contribution in [2.45, 2.75) is 56.6 Å².